The highest BCUT2D eigenvalue weighted by Crippen LogP contribution is 2.18. The fourth-order valence-corrected chi connectivity index (χ4v) is 2.26. The van der Waals surface area contributed by atoms with E-state index in [9.17, 15) is 4.79 Å². The van der Waals surface area contributed by atoms with E-state index in [1.54, 1.807) is 18.5 Å². The first-order valence-electron chi connectivity index (χ1n) is 5.94. The molecule has 0 atom stereocenters. The maximum absolute atomic E-state index is 11.9. The number of aromatic nitrogens is 2. The van der Waals surface area contributed by atoms with Crippen LogP contribution in [0.4, 0.5) is 0 Å². The number of rotatable bonds is 2. The Morgan fingerprint density at radius 1 is 1.21 bits per heavy atom. The molecule has 3 aromatic rings. The van der Waals surface area contributed by atoms with E-state index in [4.69, 9.17) is 5.26 Å². The average molecular weight is 249 g/mol. The SMILES string of the molecule is N#Cc1cn(Cc2ccccc2)c2c(=O)[nH]ccc12. The van der Waals surface area contributed by atoms with E-state index in [0.717, 1.165) is 5.56 Å². The second kappa shape index (κ2) is 4.46. The predicted molar refractivity (Wildman–Crippen MR) is 72.8 cm³/mol. The Hall–Kier alpha value is -2.80. The number of aromatic amines is 1. The number of nitriles is 1. The maximum Gasteiger partial charge on any atom is 0.272 e. The number of H-pyrrole nitrogens is 1. The zero-order valence-corrected chi connectivity index (χ0v) is 10.1. The second-order valence-electron chi connectivity index (χ2n) is 4.34. The first kappa shape index (κ1) is 11.3. The summed E-state index contributed by atoms with van der Waals surface area (Å²) in [6, 6.07) is 13.7. The molecule has 1 aromatic carbocycles. The minimum Gasteiger partial charge on any atom is -0.337 e. The van der Waals surface area contributed by atoms with Crippen molar-refractivity contribution in [3.05, 3.63) is 70.3 Å². The number of pyridine rings is 1. The molecule has 0 aliphatic rings. The molecule has 0 spiro atoms. The first-order chi connectivity index (χ1) is 9.29. The summed E-state index contributed by atoms with van der Waals surface area (Å²) in [5.74, 6) is 0. The Morgan fingerprint density at radius 3 is 2.74 bits per heavy atom. The topological polar surface area (TPSA) is 61.6 Å². The highest BCUT2D eigenvalue weighted by molar-refractivity contribution is 5.85. The lowest BCUT2D eigenvalue weighted by Crippen LogP contribution is -2.10. The third-order valence-corrected chi connectivity index (χ3v) is 3.11. The monoisotopic (exact) mass is 249 g/mol. The molecular formula is C15H11N3O. The van der Waals surface area contributed by atoms with Crippen molar-refractivity contribution >= 4 is 10.9 Å². The number of hydrogen-bond donors (Lipinski definition) is 1. The molecule has 2 heterocycles. The van der Waals surface area contributed by atoms with Crippen molar-refractivity contribution < 1.29 is 0 Å². The highest BCUT2D eigenvalue weighted by atomic mass is 16.1. The molecule has 0 aliphatic carbocycles. The van der Waals surface area contributed by atoms with Gasteiger partial charge in [-0.1, -0.05) is 30.3 Å². The lowest BCUT2D eigenvalue weighted by molar-refractivity contribution is 0.830. The van der Waals surface area contributed by atoms with Crippen LogP contribution in [0.15, 0.2) is 53.6 Å². The van der Waals surface area contributed by atoms with Gasteiger partial charge >= 0.3 is 0 Å². The van der Waals surface area contributed by atoms with Crippen LogP contribution in [0.3, 0.4) is 0 Å². The van der Waals surface area contributed by atoms with Gasteiger partial charge in [-0.2, -0.15) is 5.26 Å². The van der Waals surface area contributed by atoms with E-state index in [-0.39, 0.29) is 5.56 Å². The third kappa shape index (κ3) is 1.91. The Bertz CT molecular complexity index is 822. The van der Waals surface area contributed by atoms with Crippen LogP contribution < -0.4 is 5.56 Å². The van der Waals surface area contributed by atoms with Crippen molar-refractivity contribution in [1.29, 1.82) is 5.26 Å². The van der Waals surface area contributed by atoms with Gasteiger partial charge in [0.15, 0.2) is 0 Å². The third-order valence-electron chi connectivity index (χ3n) is 3.11. The molecule has 0 fully saturated rings. The molecule has 0 unspecified atom stereocenters. The van der Waals surface area contributed by atoms with Gasteiger partial charge < -0.3 is 9.55 Å². The highest BCUT2D eigenvalue weighted by Gasteiger charge is 2.11. The first-order valence-corrected chi connectivity index (χ1v) is 5.94. The minimum absolute atomic E-state index is 0.171. The molecule has 92 valence electrons. The van der Waals surface area contributed by atoms with Crippen LogP contribution in [0.2, 0.25) is 0 Å². The Morgan fingerprint density at radius 2 is 2.00 bits per heavy atom. The summed E-state index contributed by atoms with van der Waals surface area (Å²) in [6.45, 7) is 0.576. The smallest absolute Gasteiger partial charge is 0.272 e. The van der Waals surface area contributed by atoms with Crippen molar-refractivity contribution in [2.75, 3.05) is 0 Å². The molecule has 0 radical (unpaired) electrons. The zero-order chi connectivity index (χ0) is 13.2. The van der Waals surface area contributed by atoms with E-state index in [1.165, 1.54) is 0 Å². The molecule has 0 saturated carbocycles. The number of benzene rings is 1. The largest absolute Gasteiger partial charge is 0.337 e. The van der Waals surface area contributed by atoms with Crippen LogP contribution in [-0.2, 0) is 6.54 Å². The van der Waals surface area contributed by atoms with E-state index in [0.29, 0.717) is 23.0 Å². The van der Waals surface area contributed by atoms with Crippen LogP contribution in [0, 0.1) is 11.3 Å². The molecule has 19 heavy (non-hydrogen) atoms. The Labute approximate surface area is 109 Å². The van der Waals surface area contributed by atoms with Crippen LogP contribution >= 0.6 is 0 Å². The van der Waals surface area contributed by atoms with Crippen molar-refractivity contribution in [1.82, 2.24) is 9.55 Å². The van der Waals surface area contributed by atoms with Gasteiger partial charge in [-0.05, 0) is 11.6 Å². The van der Waals surface area contributed by atoms with Gasteiger partial charge in [-0.25, -0.2) is 0 Å². The number of nitrogens with one attached hydrogen (secondary N) is 1. The molecule has 0 amide bonds. The van der Waals surface area contributed by atoms with Gasteiger partial charge in [0, 0.05) is 24.3 Å². The molecule has 0 saturated heterocycles. The Balaban J connectivity index is 2.20. The second-order valence-corrected chi connectivity index (χ2v) is 4.34. The molecular weight excluding hydrogens is 238 g/mol. The molecule has 0 aliphatic heterocycles. The summed E-state index contributed by atoms with van der Waals surface area (Å²) in [4.78, 5) is 14.6. The van der Waals surface area contributed by atoms with Crippen molar-refractivity contribution in [2.24, 2.45) is 0 Å². The summed E-state index contributed by atoms with van der Waals surface area (Å²) in [6.07, 6.45) is 3.30. The average Bonchev–Trinajstić information content (AvgIpc) is 2.79. The summed E-state index contributed by atoms with van der Waals surface area (Å²) in [5, 5.41) is 9.83. The summed E-state index contributed by atoms with van der Waals surface area (Å²) in [7, 11) is 0. The minimum atomic E-state index is -0.171. The van der Waals surface area contributed by atoms with Gasteiger partial charge in [-0.3, -0.25) is 4.79 Å². The van der Waals surface area contributed by atoms with Gasteiger partial charge in [0.2, 0.25) is 0 Å². The quantitative estimate of drug-likeness (QED) is 0.757. The van der Waals surface area contributed by atoms with Crippen molar-refractivity contribution in [3.63, 3.8) is 0 Å². The zero-order valence-electron chi connectivity index (χ0n) is 10.1. The van der Waals surface area contributed by atoms with Crippen LogP contribution in [0.1, 0.15) is 11.1 Å². The molecule has 3 rings (SSSR count). The van der Waals surface area contributed by atoms with Crippen LogP contribution in [0.25, 0.3) is 10.9 Å². The van der Waals surface area contributed by atoms with Gasteiger partial charge in [-0.15, -0.1) is 0 Å². The van der Waals surface area contributed by atoms with E-state index >= 15 is 0 Å². The number of fused-ring (bicyclic) bond motifs is 1. The molecule has 2 aromatic heterocycles. The van der Waals surface area contributed by atoms with E-state index in [1.807, 2.05) is 34.9 Å². The number of hydrogen-bond acceptors (Lipinski definition) is 2. The predicted octanol–water partition coefficient (Wildman–Crippen LogP) is 2.25. The van der Waals surface area contributed by atoms with Crippen LogP contribution in [0.5, 0.6) is 0 Å². The standard InChI is InChI=1S/C15H11N3O/c16-8-12-10-18(9-11-4-2-1-3-5-11)14-13(12)6-7-17-15(14)19/h1-7,10H,9H2,(H,17,19). The Kier molecular flexibility index (Phi) is 2.66. The maximum atomic E-state index is 11.9. The number of nitrogens with zero attached hydrogens (tertiary/aromatic N) is 2. The summed E-state index contributed by atoms with van der Waals surface area (Å²) >= 11 is 0. The van der Waals surface area contributed by atoms with Gasteiger partial charge in [0.1, 0.15) is 11.6 Å². The van der Waals surface area contributed by atoms with Crippen molar-refractivity contribution in [2.45, 2.75) is 6.54 Å². The summed E-state index contributed by atoms with van der Waals surface area (Å²) in [5.41, 5.74) is 1.99. The summed E-state index contributed by atoms with van der Waals surface area (Å²) < 4.78 is 1.82. The molecule has 1 N–H and O–H groups in total. The van der Waals surface area contributed by atoms with Gasteiger partial charge in [0.25, 0.3) is 5.56 Å². The lowest BCUT2D eigenvalue weighted by atomic mass is 10.2. The molecule has 4 nitrogen and oxygen atoms in total. The van der Waals surface area contributed by atoms with Crippen LogP contribution in [-0.4, -0.2) is 9.55 Å². The van der Waals surface area contributed by atoms with Gasteiger partial charge in [0.05, 0.1) is 5.56 Å². The van der Waals surface area contributed by atoms with E-state index in [2.05, 4.69) is 11.1 Å². The molecule has 0 bridgehead atoms. The normalized spacial score (nSPS) is 10.5. The fourth-order valence-electron chi connectivity index (χ4n) is 2.26. The fraction of sp³-hybridized carbons (Fsp3) is 0.0667. The van der Waals surface area contributed by atoms with E-state index < -0.39 is 0 Å². The molecule has 4 heteroatoms. The lowest BCUT2D eigenvalue weighted by Gasteiger charge is -2.04. The van der Waals surface area contributed by atoms with Crippen molar-refractivity contribution in [3.8, 4) is 6.07 Å².